The number of carbonyl (C=O) groups excluding carboxylic acids is 4. The van der Waals surface area contributed by atoms with Crippen LogP contribution in [0.4, 0.5) is 0 Å². The van der Waals surface area contributed by atoms with Crippen LogP contribution >= 0.6 is 0 Å². The van der Waals surface area contributed by atoms with Gasteiger partial charge in [0.25, 0.3) is 0 Å². The molecule has 0 aliphatic rings. The van der Waals surface area contributed by atoms with Crippen molar-refractivity contribution in [3.8, 4) is 0 Å². The van der Waals surface area contributed by atoms with Gasteiger partial charge < -0.3 is 51.1 Å². The quantitative estimate of drug-likeness (QED) is 0.318. The molecule has 0 aliphatic heterocycles. The Morgan fingerprint density at radius 1 is 0.591 bits per heavy atom. The zero-order valence-corrected chi connectivity index (χ0v) is 15.4. The van der Waals surface area contributed by atoms with Crippen molar-refractivity contribution in [1.82, 2.24) is 0 Å². The van der Waals surface area contributed by atoms with E-state index in [1.54, 1.807) is 0 Å². The molecule has 0 bridgehead atoms. The van der Waals surface area contributed by atoms with Crippen LogP contribution in [0.15, 0.2) is 0 Å². The third-order valence-electron chi connectivity index (χ3n) is 0.167. The maximum atomic E-state index is 8.89. The van der Waals surface area contributed by atoms with Crippen molar-refractivity contribution < 1.29 is 84.4 Å². The minimum atomic E-state index is -1.08. The molecular formula is C10H20Ag2N2O8. The van der Waals surface area contributed by atoms with Crippen molar-refractivity contribution in [3.05, 3.63) is 0 Å². The Hall–Kier alpha value is -0.719. The minimum absolute atomic E-state index is 0. The minimum Gasteiger partial charge on any atom is -0.550 e. The molecule has 22 heavy (non-hydrogen) atoms. The van der Waals surface area contributed by atoms with E-state index in [0.29, 0.717) is 13.1 Å². The van der Waals surface area contributed by atoms with Gasteiger partial charge in [-0.05, 0) is 27.7 Å². The molecule has 0 unspecified atom stereocenters. The summed E-state index contributed by atoms with van der Waals surface area (Å²) in [6, 6.07) is 0. The smallest absolute Gasteiger partial charge is 0.550 e. The van der Waals surface area contributed by atoms with Gasteiger partial charge in [0.2, 0.25) is 0 Å². The Bertz CT molecular complexity index is 199. The summed E-state index contributed by atoms with van der Waals surface area (Å²) >= 11 is 0. The fourth-order valence-electron chi connectivity index (χ4n) is 0. The van der Waals surface area contributed by atoms with Crippen LogP contribution in [0.25, 0.3) is 0 Å². The largest absolute Gasteiger partial charge is 2.00 e. The molecule has 0 saturated carbocycles. The summed E-state index contributed by atoms with van der Waals surface area (Å²) in [6.07, 6.45) is 0. The molecule has 0 aromatic carbocycles. The standard InChI is InChI=1S/C2H8N2.4C2H4O2.2Ag/c3-1-2-4;4*1-2(3)4;;/h1-4H2;4*1H3,(H,3,4);;/q;;;;;2*+2/p-4. The van der Waals surface area contributed by atoms with Crippen molar-refractivity contribution >= 4 is 23.9 Å². The van der Waals surface area contributed by atoms with Crippen molar-refractivity contribution in [1.29, 1.82) is 0 Å². The second-order valence-electron chi connectivity index (χ2n) is 2.54. The van der Waals surface area contributed by atoms with Gasteiger partial charge in [-0.15, -0.1) is 0 Å². The van der Waals surface area contributed by atoms with Gasteiger partial charge >= 0.3 is 44.8 Å². The first kappa shape index (κ1) is 42.9. The predicted molar refractivity (Wildman–Crippen MR) is 60.8 cm³/mol. The van der Waals surface area contributed by atoms with E-state index < -0.39 is 23.9 Å². The molecule has 0 rings (SSSR count). The van der Waals surface area contributed by atoms with Gasteiger partial charge in [0, 0.05) is 37.0 Å². The SMILES string of the molecule is CC(=O)[O-].CC(=O)[O-].CC(=O)[O-].CC(=O)[O-].NCCN.[Ag+2].[Ag+2]. The van der Waals surface area contributed by atoms with Crippen molar-refractivity contribution in [2.45, 2.75) is 27.7 Å². The van der Waals surface area contributed by atoms with Crippen LogP contribution in [0.1, 0.15) is 27.7 Å². The van der Waals surface area contributed by atoms with E-state index in [4.69, 9.17) is 51.1 Å². The molecule has 0 atom stereocenters. The number of carboxylic acids is 4. The van der Waals surface area contributed by atoms with E-state index >= 15 is 0 Å². The van der Waals surface area contributed by atoms with Gasteiger partial charge in [0.05, 0.1) is 0 Å². The Balaban J connectivity index is -0.0000000250. The first-order valence-corrected chi connectivity index (χ1v) is 4.95. The number of carbonyl (C=O) groups is 4. The van der Waals surface area contributed by atoms with Crippen LogP contribution < -0.4 is 31.9 Å². The van der Waals surface area contributed by atoms with Crippen LogP contribution in [0.5, 0.6) is 0 Å². The van der Waals surface area contributed by atoms with Crippen LogP contribution in [0.3, 0.4) is 0 Å². The Morgan fingerprint density at radius 2 is 0.636 bits per heavy atom. The van der Waals surface area contributed by atoms with Gasteiger partial charge in [0.15, 0.2) is 0 Å². The third-order valence-corrected chi connectivity index (χ3v) is 0.167. The summed E-state index contributed by atoms with van der Waals surface area (Å²) in [5.74, 6) is -4.33. The molecule has 0 spiro atoms. The van der Waals surface area contributed by atoms with E-state index in [2.05, 4.69) is 0 Å². The topological polar surface area (TPSA) is 213 Å². The monoisotopic (exact) mass is 510 g/mol. The first-order chi connectivity index (χ1) is 8.84. The van der Waals surface area contributed by atoms with Crippen LogP contribution in [-0.4, -0.2) is 37.0 Å². The zero-order valence-electron chi connectivity index (χ0n) is 12.4. The summed E-state index contributed by atoms with van der Waals surface area (Å²) < 4.78 is 0. The van der Waals surface area contributed by atoms with Crippen LogP contribution in [0, 0.1) is 0 Å². The van der Waals surface area contributed by atoms with Gasteiger partial charge in [-0.2, -0.15) is 0 Å². The molecule has 0 fully saturated rings. The van der Waals surface area contributed by atoms with Gasteiger partial charge in [-0.1, -0.05) is 0 Å². The van der Waals surface area contributed by atoms with E-state index in [1.165, 1.54) is 0 Å². The van der Waals surface area contributed by atoms with Crippen molar-refractivity contribution in [3.63, 3.8) is 0 Å². The number of rotatable bonds is 1. The zero-order chi connectivity index (χ0) is 17.7. The summed E-state index contributed by atoms with van der Waals surface area (Å²) in [5, 5.41) is 35.6. The number of nitrogens with two attached hydrogens (primary N) is 2. The molecule has 0 aromatic heterocycles. The number of hydrogen-bond acceptors (Lipinski definition) is 10. The summed E-state index contributed by atoms with van der Waals surface area (Å²) in [7, 11) is 0. The van der Waals surface area contributed by atoms with E-state index in [0.717, 1.165) is 27.7 Å². The molecule has 10 nitrogen and oxygen atoms in total. The maximum Gasteiger partial charge on any atom is 2.00 e. The molecule has 0 amide bonds. The second-order valence-corrected chi connectivity index (χ2v) is 2.54. The van der Waals surface area contributed by atoms with Gasteiger partial charge in [-0.25, -0.2) is 0 Å². The average Bonchev–Trinajstić information content (AvgIpc) is 2.13. The fourth-order valence-corrected chi connectivity index (χ4v) is 0. The van der Waals surface area contributed by atoms with Crippen molar-refractivity contribution in [2.24, 2.45) is 11.5 Å². The normalized spacial score (nSPS) is 5.91. The summed E-state index contributed by atoms with van der Waals surface area (Å²) in [4.78, 5) is 35.6. The van der Waals surface area contributed by atoms with E-state index in [1.807, 2.05) is 0 Å². The molecule has 4 N–H and O–H groups in total. The molecule has 12 heteroatoms. The van der Waals surface area contributed by atoms with E-state index in [9.17, 15) is 0 Å². The van der Waals surface area contributed by atoms with Crippen LogP contribution in [-0.2, 0) is 63.9 Å². The van der Waals surface area contributed by atoms with Gasteiger partial charge in [0.1, 0.15) is 0 Å². The molecule has 0 saturated heterocycles. The predicted octanol–water partition coefficient (Wildman–Crippen LogP) is -6.08. The number of aliphatic carboxylic acids is 4. The number of carboxylic acid groups (broad SMARTS) is 4. The maximum absolute atomic E-state index is 8.89. The molecule has 0 heterocycles. The third kappa shape index (κ3) is 81900. The fraction of sp³-hybridized carbons (Fsp3) is 0.600. The first-order valence-electron chi connectivity index (χ1n) is 4.95. The Labute approximate surface area is 160 Å². The summed E-state index contributed by atoms with van der Waals surface area (Å²) in [6.45, 7) is 5.08. The second kappa shape index (κ2) is 42.7. The van der Waals surface area contributed by atoms with E-state index in [-0.39, 0.29) is 44.8 Å². The Morgan fingerprint density at radius 3 is 0.636 bits per heavy atom. The van der Waals surface area contributed by atoms with Crippen LogP contribution in [0.2, 0.25) is 0 Å². The molecule has 0 aromatic rings. The number of hydrogen-bond donors (Lipinski definition) is 2. The Kier molecular flexibility index (Phi) is 83.4. The average molecular weight is 512 g/mol. The molecular weight excluding hydrogens is 492 g/mol. The molecule has 140 valence electrons. The summed E-state index contributed by atoms with van der Waals surface area (Å²) in [5.41, 5.74) is 9.81. The molecule has 0 aliphatic carbocycles. The van der Waals surface area contributed by atoms with Gasteiger partial charge in [-0.3, -0.25) is 0 Å². The van der Waals surface area contributed by atoms with Crippen molar-refractivity contribution in [2.75, 3.05) is 13.1 Å². The molecule has 2 radical (unpaired) electrons.